The number of nitrogens with zero attached hydrogens (tertiary/aromatic N) is 1. The molecule has 7 heteroatoms. The van der Waals surface area contributed by atoms with Crippen LogP contribution in [0.25, 0.3) is 6.08 Å². The van der Waals surface area contributed by atoms with Gasteiger partial charge in [-0.15, -0.1) is 0 Å². The van der Waals surface area contributed by atoms with Gasteiger partial charge in [0.1, 0.15) is 0 Å². The molecule has 29 heavy (non-hydrogen) atoms. The smallest absolute Gasteiger partial charge is 0.330 e. The summed E-state index contributed by atoms with van der Waals surface area (Å²) in [5.74, 6) is -0.290. The summed E-state index contributed by atoms with van der Waals surface area (Å²) >= 11 is 5.73. The van der Waals surface area contributed by atoms with Crippen molar-refractivity contribution in [1.29, 1.82) is 0 Å². The average Bonchev–Trinajstić information content (AvgIpc) is 3.21. The van der Waals surface area contributed by atoms with Crippen molar-refractivity contribution in [3.63, 3.8) is 0 Å². The van der Waals surface area contributed by atoms with Crippen LogP contribution in [0.3, 0.4) is 0 Å². The zero-order valence-electron chi connectivity index (χ0n) is 16.0. The minimum Gasteiger partial charge on any atom is -0.466 e. The molecule has 1 N–H and O–H groups in total. The van der Waals surface area contributed by atoms with Crippen molar-refractivity contribution < 1.29 is 14.3 Å². The highest BCUT2D eigenvalue weighted by molar-refractivity contribution is 14.1. The number of ether oxygens (including phenoxy) is 1. The van der Waals surface area contributed by atoms with E-state index < -0.39 is 0 Å². The highest BCUT2D eigenvalue weighted by Crippen LogP contribution is 2.22. The highest BCUT2D eigenvalue weighted by atomic mass is 127. The molecule has 0 saturated carbocycles. The minimum atomic E-state index is -0.367. The second kappa shape index (κ2) is 10.4. The predicted molar refractivity (Wildman–Crippen MR) is 125 cm³/mol. The molecule has 0 radical (unpaired) electrons. The summed E-state index contributed by atoms with van der Waals surface area (Å²) in [5.41, 5.74) is 2.82. The largest absolute Gasteiger partial charge is 0.466 e. The zero-order chi connectivity index (χ0) is 20.8. The lowest BCUT2D eigenvalue weighted by Crippen LogP contribution is -2.34. The number of nitrogens with one attached hydrogen (secondary N) is 1. The number of carbonyl (C=O) groups is 2. The molecule has 0 spiro atoms. The number of amides is 1. The van der Waals surface area contributed by atoms with Crippen LogP contribution < -0.4 is 5.32 Å². The fraction of sp³-hybridized carbons (Fsp3) is 0.273. The molecule has 1 heterocycles. The SMILES string of the molecule is COC(=O)/C=C/c1ccc(CN[C@H]2CCN(C(=O)c3ccc(I)c(Br)c3)C2)cc1. The normalized spacial score (nSPS) is 16.4. The van der Waals surface area contributed by atoms with Crippen LogP contribution in [0.5, 0.6) is 0 Å². The monoisotopic (exact) mass is 568 g/mol. The summed E-state index contributed by atoms with van der Waals surface area (Å²) in [7, 11) is 1.36. The lowest BCUT2D eigenvalue weighted by atomic mass is 10.1. The number of methoxy groups -OCH3 is 1. The summed E-state index contributed by atoms with van der Waals surface area (Å²) in [6.07, 6.45) is 4.08. The van der Waals surface area contributed by atoms with Crippen molar-refractivity contribution in [2.75, 3.05) is 20.2 Å². The van der Waals surface area contributed by atoms with Crippen LogP contribution in [0.15, 0.2) is 53.0 Å². The molecule has 1 aliphatic heterocycles. The number of benzene rings is 2. The number of hydrogen-bond donors (Lipinski definition) is 1. The van der Waals surface area contributed by atoms with Crippen LogP contribution in [0.1, 0.15) is 27.9 Å². The van der Waals surface area contributed by atoms with Gasteiger partial charge in [0.25, 0.3) is 5.91 Å². The Morgan fingerprint density at radius 2 is 2.03 bits per heavy atom. The standard InChI is InChI=1S/C22H22BrIN2O3/c1-29-21(27)9-6-15-2-4-16(5-3-15)13-25-18-10-11-26(14-18)22(28)17-7-8-20(24)19(23)12-17/h2-9,12,18,25H,10-11,13-14H2,1H3/b9-6+/t18-/m0/s1. The van der Waals surface area contributed by atoms with Crippen LogP contribution in [0.2, 0.25) is 0 Å². The van der Waals surface area contributed by atoms with E-state index in [4.69, 9.17) is 0 Å². The van der Waals surface area contributed by atoms with Crippen LogP contribution in [-0.2, 0) is 16.1 Å². The lowest BCUT2D eigenvalue weighted by Gasteiger charge is -2.17. The molecule has 2 aromatic rings. The van der Waals surface area contributed by atoms with E-state index in [0.717, 1.165) is 38.7 Å². The first kappa shape index (κ1) is 22.0. The van der Waals surface area contributed by atoms with E-state index >= 15 is 0 Å². The number of likely N-dealkylation sites (tertiary alicyclic amines) is 1. The maximum Gasteiger partial charge on any atom is 0.330 e. The van der Waals surface area contributed by atoms with E-state index in [0.29, 0.717) is 12.1 Å². The minimum absolute atomic E-state index is 0.0770. The lowest BCUT2D eigenvalue weighted by molar-refractivity contribution is -0.134. The van der Waals surface area contributed by atoms with Gasteiger partial charge in [0.05, 0.1) is 7.11 Å². The van der Waals surface area contributed by atoms with E-state index in [9.17, 15) is 9.59 Å². The second-order valence-electron chi connectivity index (χ2n) is 6.84. The van der Waals surface area contributed by atoms with Crippen molar-refractivity contribution in [1.82, 2.24) is 10.2 Å². The van der Waals surface area contributed by atoms with Gasteiger partial charge in [0, 0.05) is 45.4 Å². The average molecular weight is 569 g/mol. The Kier molecular flexibility index (Phi) is 7.85. The third kappa shape index (κ3) is 6.13. The van der Waals surface area contributed by atoms with Gasteiger partial charge >= 0.3 is 5.97 Å². The molecule has 1 aliphatic rings. The first-order chi connectivity index (χ1) is 14.0. The van der Waals surface area contributed by atoms with Crippen molar-refractivity contribution in [3.8, 4) is 0 Å². The Bertz CT molecular complexity index is 915. The molecule has 1 atom stereocenters. The van der Waals surface area contributed by atoms with Gasteiger partial charge in [-0.2, -0.15) is 0 Å². The summed E-state index contributed by atoms with van der Waals surface area (Å²) in [6, 6.07) is 14.0. The summed E-state index contributed by atoms with van der Waals surface area (Å²) in [4.78, 5) is 25.8. The molecule has 2 aromatic carbocycles. The molecule has 1 saturated heterocycles. The van der Waals surface area contributed by atoms with Crippen LogP contribution in [-0.4, -0.2) is 43.0 Å². The van der Waals surface area contributed by atoms with Gasteiger partial charge in [-0.1, -0.05) is 24.3 Å². The summed E-state index contributed by atoms with van der Waals surface area (Å²) < 4.78 is 6.63. The van der Waals surface area contributed by atoms with Gasteiger partial charge in [-0.3, -0.25) is 4.79 Å². The summed E-state index contributed by atoms with van der Waals surface area (Å²) in [5, 5.41) is 3.54. The van der Waals surface area contributed by atoms with E-state index in [1.54, 1.807) is 6.08 Å². The first-order valence-electron chi connectivity index (χ1n) is 9.29. The Hall–Kier alpha value is -1.71. The van der Waals surface area contributed by atoms with Crippen LogP contribution in [0.4, 0.5) is 0 Å². The van der Waals surface area contributed by atoms with Crippen LogP contribution in [0, 0.1) is 3.57 Å². The van der Waals surface area contributed by atoms with Crippen LogP contribution >= 0.6 is 38.5 Å². The van der Waals surface area contributed by atoms with E-state index in [1.807, 2.05) is 47.4 Å². The van der Waals surface area contributed by atoms with E-state index in [1.165, 1.54) is 13.2 Å². The topological polar surface area (TPSA) is 58.6 Å². The van der Waals surface area contributed by atoms with Crippen molar-refractivity contribution in [3.05, 3.63) is 73.3 Å². The summed E-state index contributed by atoms with van der Waals surface area (Å²) in [6.45, 7) is 2.21. The van der Waals surface area contributed by atoms with Gasteiger partial charge in [0.15, 0.2) is 0 Å². The maximum absolute atomic E-state index is 12.7. The molecule has 1 amide bonds. The molecule has 0 aromatic heterocycles. The van der Waals surface area contributed by atoms with Crippen molar-refractivity contribution in [2.45, 2.75) is 19.0 Å². The highest BCUT2D eigenvalue weighted by Gasteiger charge is 2.26. The molecule has 152 valence electrons. The van der Waals surface area contributed by atoms with E-state index in [-0.39, 0.29) is 17.9 Å². The number of esters is 1. The number of carbonyl (C=O) groups excluding carboxylic acids is 2. The molecule has 0 aliphatic carbocycles. The quantitative estimate of drug-likeness (QED) is 0.322. The van der Waals surface area contributed by atoms with Gasteiger partial charge in [-0.25, -0.2) is 4.79 Å². The molecule has 1 fully saturated rings. The number of rotatable bonds is 6. The van der Waals surface area contributed by atoms with Gasteiger partial charge < -0.3 is 15.0 Å². The Balaban J connectivity index is 1.50. The Morgan fingerprint density at radius 3 is 2.72 bits per heavy atom. The molecule has 0 unspecified atom stereocenters. The predicted octanol–water partition coefficient (Wildman–Crippen LogP) is 4.24. The third-order valence-corrected chi connectivity index (χ3v) is 7.17. The fourth-order valence-electron chi connectivity index (χ4n) is 3.16. The Morgan fingerprint density at radius 1 is 1.28 bits per heavy atom. The van der Waals surface area contributed by atoms with Gasteiger partial charge in [-0.05, 0) is 80.3 Å². The molecule has 0 bridgehead atoms. The Labute approximate surface area is 192 Å². The van der Waals surface area contributed by atoms with E-state index in [2.05, 4.69) is 48.6 Å². The molecule has 3 rings (SSSR count). The van der Waals surface area contributed by atoms with Crippen molar-refractivity contribution in [2.24, 2.45) is 0 Å². The maximum atomic E-state index is 12.7. The molecular weight excluding hydrogens is 547 g/mol. The van der Waals surface area contributed by atoms with Crippen molar-refractivity contribution >= 4 is 56.5 Å². The fourth-order valence-corrected chi connectivity index (χ4v) is 3.88. The molecule has 5 nitrogen and oxygen atoms in total. The second-order valence-corrected chi connectivity index (χ2v) is 8.86. The third-order valence-electron chi connectivity index (χ3n) is 4.83. The molecular formula is C22H22BrIN2O3. The number of hydrogen-bond acceptors (Lipinski definition) is 4. The number of halogens is 2. The first-order valence-corrected chi connectivity index (χ1v) is 11.2. The zero-order valence-corrected chi connectivity index (χ0v) is 19.8. The van der Waals surface area contributed by atoms with Gasteiger partial charge in [0.2, 0.25) is 0 Å².